The van der Waals surface area contributed by atoms with Crippen molar-refractivity contribution in [3.63, 3.8) is 0 Å². The number of likely N-dealkylation sites (tertiary alicyclic amines) is 1. The minimum atomic E-state index is -0.247. The lowest BCUT2D eigenvalue weighted by Crippen LogP contribution is -2.48. The molecule has 2 rings (SSSR count). The van der Waals surface area contributed by atoms with Crippen LogP contribution in [0, 0.1) is 0 Å². The van der Waals surface area contributed by atoms with Crippen LogP contribution in [0.4, 0.5) is 4.79 Å². The van der Waals surface area contributed by atoms with Gasteiger partial charge in [-0.25, -0.2) is 4.79 Å². The Hall–Kier alpha value is -1.71. The summed E-state index contributed by atoms with van der Waals surface area (Å²) in [6, 6.07) is 7.35. The Morgan fingerprint density at radius 3 is 2.80 bits per heavy atom. The summed E-state index contributed by atoms with van der Waals surface area (Å²) in [5.41, 5.74) is 6.95. The Morgan fingerprint density at radius 2 is 2.16 bits per heavy atom. The van der Waals surface area contributed by atoms with Gasteiger partial charge in [-0.1, -0.05) is 12.1 Å². The topological polar surface area (TPSA) is 100 Å². The highest BCUT2D eigenvalue weighted by Crippen LogP contribution is 2.12. The maximum absolute atomic E-state index is 11.6. The fraction of sp³-hybridized carbons (Fsp3) is 0.529. The third-order valence-corrected chi connectivity index (χ3v) is 3.97. The number of phenols is 1. The minimum absolute atomic E-state index is 0. The van der Waals surface area contributed by atoms with Crippen LogP contribution in [0.5, 0.6) is 5.75 Å². The molecule has 1 aromatic carbocycles. The largest absolute Gasteiger partial charge is 0.508 e. The third-order valence-electron chi connectivity index (χ3n) is 3.97. The highest BCUT2D eigenvalue weighted by Gasteiger charge is 2.23. The van der Waals surface area contributed by atoms with Gasteiger partial charge in [0.1, 0.15) is 5.75 Å². The zero-order valence-electron chi connectivity index (χ0n) is 14.5. The predicted octanol–water partition coefficient (Wildman–Crippen LogP) is 2.08. The number of aliphatic imine (C=N–C) groups is 1. The van der Waals surface area contributed by atoms with Gasteiger partial charge in [-0.15, -0.1) is 24.0 Å². The van der Waals surface area contributed by atoms with Gasteiger partial charge in [0.2, 0.25) is 0 Å². The van der Waals surface area contributed by atoms with Crippen molar-refractivity contribution in [2.75, 3.05) is 26.2 Å². The van der Waals surface area contributed by atoms with Crippen LogP contribution in [0.3, 0.4) is 0 Å². The van der Waals surface area contributed by atoms with E-state index in [0.717, 1.165) is 24.8 Å². The number of carbonyl (C=O) groups is 1. The van der Waals surface area contributed by atoms with Crippen LogP contribution in [-0.4, -0.2) is 54.3 Å². The van der Waals surface area contributed by atoms with E-state index in [0.29, 0.717) is 32.2 Å². The Morgan fingerprint density at radius 1 is 1.44 bits per heavy atom. The fourth-order valence-electron chi connectivity index (χ4n) is 2.69. The number of hydrogen-bond donors (Lipinski definition) is 3. The predicted molar refractivity (Wildman–Crippen MR) is 108 cm³/mol. The first-order chi connectivity index (χ1) is 11.6. The summed E-state index contributed by atoms with van der Waals surface area (Å²) in [6.07, 6.45) is 2.12. The van der Waals surface area contributed by atoms with E-state index in [2.05, 4.69) is 10.3 Å². The first-order valence-electron chi connectivity index (χ1n) is 8.34. The summed E-state index contributed by atoms with van der Waals surface area (Å²) in [7, 11) is 0. The Bertz CT molecular complexity index is 575. The molecular formula is C17H27IN4O3. The van der Waals surface area contributed by atoms with E-state index in [1.165, 1.54) is 0 Å². The van der Waals surface area contributed by atoms with Crippen LogP contribution >= 0.6 is 24.0 Å². The average Bonchev–Trinajstić information content (AvgIpc) is 2.56. The molecule has 0 saturated carbocycles. The Labute approximate surface area is 165 Å². The van der Waals surface area contributed by atoms with Crippen LogP contribution in [0.1, 0.15) is 25.3 Å². The molecule has 0 unspecified atom stereocenters. The number of guanidine groups is 1. The summed E-state index contributed by atoms with van der Waals surface area (Å²) in [4.78, 5) is 17.7. The number of amides is 1. The molecule has 25 heavy (non-hydrogen) atoms. The lowest BCUT2D eigenvalue weighted by molar-refractivity contribution is 0.0963. The normalized spacial score (nSPS) is 15.4. The van der Waals surface area contributed by atoms with E-state index in [4.69, 9.17) is 10.5 Å². The maximum Gasteiger partial charge on any atom is 0.409 e. The number of rotatable bonds is 5. The number of carbonyl (C=O) groups excluding carboxylic acids is 1. The summed E-state index contributed by atoms with van der Waals surface area (Å²) < 4.78 is 5.00. The molecule has 1 saturated heterocycles. The lowest BCUT2D eigenvalue weighted by Gasteiger charge is -2.31. The van der Waals surface area contributed by atoms with Crippen molar-refractivity contribution in [1.82, 2.24) is 10.2 Å². The second kappa shape index (κ2) is 11.0. The van der Waals surface area contributed by atoms with Crippen LogP contribution < -0.4 is 11.1 Å². The molecule has 0 spiro atoms. The highest BCUT2D eigenvalue weighted by molar-refractivity contribution is 14.0. The second-order valence-corrected chi connectivity index (χ2v) is 5.79. The average molecular weight is 462 g/mol. The summed E-state index contributed by atoms with van der Waals surface area (Å²) >= 11 is 0. The van der Waals surface area contributed by atoms with Crippen LogP contribution in [0.25, 0.3) is 0 Å². The van der Waals surface area contributed by atoms with Crippen LogP contribution in [0.2, 0.25) is 0 Å². The summed E-state index contributed by atoms with van der Waals surface area (Å²) in [5, 5.41) is 12.6. The molecule has 0 atom stereocenters. The van der Waals surface area contributed by atoms with E-state index in [-0.39, 0.29) is 41.9 Å². The molecule has 7 nitrogen and oxygen atoms in total. The molecule has 140 valence electrons. The molecule has 8 heteroatoms. The number of hydrogen-bond acceptors (Lipinski definition) is 4. The third kappa shape index (κ3) is 7.37. The number of halogens is 1. The quantitative estimate of drug-likeness (QED) is 0.354. The number of phenolic OH excluding ortho intramolecular Hbond substituents is 1. The van der Waals surface area contributed by atoms with Gasteiger partial charge < -0.3 is 25.8 Å². The fourth-order valence-corrected chi connectivity index (χ4v) is 2.69. The van der Waals surface area contributed by atoms with Crippen molar-refractivity contribution in [1.29, 1.82) is 0 Å². The second-order valence-electron chi connectivity index (χ2n) is 5.79. The number of benzene rings is 1. The number of piperidine rings is 1. The van der Waals surface area contributed by atoms with Crippen molar-refractivity contribution in [2.24, 2.45) is 10.7 Å². The van der Waals surface area contributed by atoms with Crippen molar-refractivity contribution < 1.29 is 14.6 Å². The van der Waals surface area contributed by atoms with Crippen molar-refractivity contribution in [3.05, 3.63) is 29.8 Å². The Balaban J connectivity index is 0.00000312. The molecule has 1 aliphatic rings. The number of nitrogens with two attached hydrogens (primary N) is 1. The maximum atomic E-state index is 11.6. The molecule has 1 aliphatic heterocycles. The SMILES string of the molecule is CCOC(=O)N1CCC(NC(N)=NCCc2cccc(O)c2)CC1.I. The first kappa shape index (κ1) is 21.3. The minimum Gasteiger partial charge on any atom is -0.508 e. The number of ether oxygens (including phenoxy) is 1. The van der Waals surface area contributed by atoms with E-state index < -0.39 is 0 Å². The Kier molecular flexibility index (Phi) is 9.40. The molecule has 0 aliphatic carbocycles. The summed E-state index contributed by atoms with van der Waals surface area (Å²) in [5.74, 6) is 0.681. The molecule has 1 heterocycles. The van der Waals surface area contributed by atoms with Crippen molar-refractivity contribution in [3.8, 4) is 5.75 Å². The van der Waals surface area contributed by atoms with Gasteiger partial charge in [0.15, 0.2) is 5.96 Å². The molecule has 1 aromatic rings. The van der Waals surface area contributed by atoms with Crippen molar-refractivity contribution in [2.45, 2.75) is 32.2 Å². The number of nitrogens with one attached hydrogen (secondary N) is 1. The van der Waals surface area contributed by atoms with E-state index in [9.17, 15) is 9.90 Å². The van der Waals surface area contributed by atoms with Gasteiger partial charge in [0.25, 0.3) is 0 Å². The zero-order valence-corrected chi connectivity index (χ0v) is 16.8. The van der Waals surface area contributed by atoms with Crippen molar-refractivity contribution >= 4 is 36.0 Å². The molecule has 4 N–H and O–H groups in total. The zero-order chi connectivity index (χ0) is 17.4. The van der Waals surface area contributed by atoms with E-state index >= 15 is 0 Å². The number of aromatic hydroxyl groups is 1. The lowest BCUT2D eigenvalue weighted by atomic mass is 10.1. The smallest absolute Gasteiger partial charge is 0.409 e. The van der Waals surface area contributed by atoms with Gasteiger partial charge in [-0.3, -0.25) is 4.99 Å². The molecule has 0 aromatic heterocycles. The van der Waals surface area contributed by atoms with Gasteiger partial charge in [0, 0.05) is 25.7 Å². The van der Waals surface area contributed by atoms with E-state index in [1.54, 1.807) is 24.0 Å². The highest BCUT2D eigenvalue weighted by atomic mass is 127. The molecule has 1 fully saturated rings. The molecule has 0 bridgehead atoms. The van der Waals surface area contributed by atoms with E-state index in [1.807, 2.05) is 12.1 Å². The monoisotopic (exact) mass is 462 g/mol. The molecule has 0 radical (unpaired) electrons. The number of nitrogens with zero attached hydrogens (tertiary/aromatic N) is 2. The summed E-state index contributed by atoms with van der Waals surface area (Å²) in [6.45, 7) is 4.08. The van der Waals surface area contributed by atoms with Gasteiger partial charge >= 0.3 is 6.09 Å². The van der Waals surface area contributed by atoms with Gasteiger partial charge in [-0.2, -0.15) is 0 Å². The van der Waals surface area contributed by atoms with Crippen LogP contribution in [-0.2, 0) is 11.2 Å². The standard InChI is InChI=1S/C17H26N4O3.HI/c1-2-24-17(23)21-10-7-14(8-11-21)20-16(18)19-9-6-13-4-3-5-15(22)12-13;/h3-5,12,14,22H,2,6-11H2,1H3,(H3,18,19,20);1H. The molecular weight excluding hydrogens is 435 g/mol. The van der Waals surface area contributed by atoms with Gasteiger partial charge in [-0.05, 0) is 43.9 Å². The van der Waals surface area contributed by atoms with Crippen LogP contribution in [0.15, 0.2) is 29.3 Å². The van der Waals surface area contributed by atoms with Gasteiger partial charge in [0.05, 0.1) is 6.61 Å². The molecule has 1 amide bonds. The first-order valence-corrected chi connectivity index (χ1v) is 8.34.